The molecule has 1 atom stereocenters. The summed E-state index contributed by atoms with van der Waals surface area (Å²) in [4.78, 5) is 12.1. The van der Waals surface area contributed by atoms with Gasteiger partial charge in [0.15, 0.2) is 11.4 Å². The Bertz CT molecular complexity index is 1300. The van der Waals surface area contributed by atoms with Gasteiger partial charge in [0.2, 0.25) is 10.0 Å². The highest BCUT2D eigenvalue weighted by molar-refractivity contribution is 7.89. The van der Waals surface area contributed by atoms with Gasteiger partial charge < -0.3 is 14.6 Å². The van der Waals surface area contributed by atoms with Gasteiger partial charge in [0.05, 0.1) is 11.1 Å². The number of quaternary nitrogens is 1. The predicted molar refractivity (Wildman–Crippen MR) is 119 cm³/mol. The lowest BCUT2D eigenvalue weighted by Crippen LogP contribution is -2.53. The molecule has 0 aromatic heterocycles. The van der Waals surface area contributed by atoms with Crippen molar-refractivity contribution in [2.24, 2.45) is 10.2 Å². The molecule has 8 nitrogen and oxygen atoms in total. The van der Waals surface area contributed by atoms with Crippen LogP contribution in [0.3, 0.4) is 0 Å². The predicted octanol–water partition coefficient (Wildman–Crippen LogP) is 2.60. The molecule has 1 unspecified atom stereocenters. The largest absolute Gasteiger partial charge is 0.496 e. The Kier molecular flexibility index (Phi) is 5.62. The van der Waals surface area contributed by atoms with Gasteiger partial charge in [-0.15, -0.1) is 0 Å². The van der Waals surface area contributed by atoms with E-state index in [4.69, 9.17) is 9.88 Å². The fraction of sp³-hybridized carbons (Fsp3) is 0.0435. The van der Waals surface area contributed by atoms with E-state index >= 15 is 0 Å². The number of allylic oxidation sites excluding steroid dienone is 1. The maximum absolute atomic E-state index is 12.3. The topological polar surface area (TPSA) is 122 Å². The van der Waals surface area contributed by atoms with Crippen LogP contribution in [0.25, 0.3) is 5.70 Å². The molecule has 0 fully saturated rings. The molecule has 3 aromatic rings. The maximum atomic E-state index is 12.3. The van der Waals surface area contributed by atoms with Gasteiger partial charge in [0, 0.05) is 23.8 Å². The second-order valence-corrected chi connectivity index (χ2v) is 8.62. The van der Waals surface area contributed by atoms with Crippen molar-refractivity contribution in [3.05, 3.63) is 96.1 Å². The molecule has 0 aliphatic carbocycles. The summed E-state index contributed by atoms with van der Waals surface area (Å²) in [5.74, 6) is 0.626. The Morgan fingerprint density at radius 2 is 1.62 bits per heavy atom. The van der Waals surface area contributed by atoms with Gasteiger partial charge in [-0.2, -0.15) is 0 Å². The molecule has 1 aliphatic heterocycles. The molecule has 9 heteroatoms. The molecule has 3 aromatic carbocycles. The highest BCUT2D eigenvalue weighted by Crippen LogP contribution is 2.38. The number of hydrogen-bond donors (Lipinski definition) is 1. The quantitative estimate of drug-likeness (QED) is 0.580. The third kappa shape index (κ3) is 4.04. The molecule has 0 spiro atoms. The zero-order chi connectivity index (χ0) is 22.8. The maximum Gasteiger partial charge on any atom is 0.296 e. The second-order valence-electron chi connectivity index (χ2n) is 7.06. The van der Waals surface area contributed by atoms with Crippen molar-refractivity contribution < 1.29 is 23.1 Å². The Hall–Kier alpha value is -3.79. The second kappa shape index (κ2) is 8.39. The van der Waals surface area contributed by atoms with E-state index in [2.05, 4.69) is 5.10 Å². The van der Waals surface area contributed by atoms with Crippen LogP contribution in [-0.2, 0) is 16.6 Å². The Morgan fingerprint density at radius 3 is 2.22 bits per heavy atom. The molecule has 0 saturated carbocycles. The molecular formula is C23H19N3O5S. The monoisotopic (exact) mass is 449 g/mol. The van der Waals surface area contributed by atoms with Gasteiger partial charge >= 0.3 is 0 Å². The first-order chi connectivity index (χ1) is 15.3. The molecule has 1 amide bonds. The number of ether oxygens (including phenoxy) is 1. The molecule has 0 bridgehead atoms. The van der Waals surface area contributed by atoms with E-state index in [0.29, 0.717) is 23.6 Å². The summed E-state index contributed by atoms with van der Waals surface area (Å²) in [5, 5.41) is 21.5. The number of hydrogen-bond acceptors (Lipinski definition) is 6. The molecule has 162 valence electrons. The van der Waals surface area contributed by atoms with Crippen molar-refractivity contribution in [3.8, 4) is 5.75 Å². The highest BCUT2D eigenvalue weighted by atomic mass is 32.2. The van der Waals surface area contributed by atoms with Crippen molar-refractivity contribution in [2.75, 3.05) is 0 Å². The van der Waals surface area contributed by atoms with Crippen molar-refractivity contribution >= 4 is 33.7 Å². The zero-order valence-electron chi connectivity index (χ0n) is 16.8. The number of primary sulfonamides is 1. The molecule has 1 aliphatic rings. The van der Waals surface area contributed by atoms with E-state index in [-0.39, 0.29) is 10.6 Å². The zero-order valence-corrected chi connectivity index (χ0v) is 17.6. The molecule has 0 saturated heterocycles. The van der Waals surface area contributed by atoms with E-state index in [9.17, 15) is 18.3 Å². The van der Waals surface area contributed by atoms with Crippen molar-refractivity contribution in [3.63, 3.8) is 0 Å². The van der Waals surface area contributed by atoms with Crippen molar-refractivity contribution in [2.45, 2.75) is 11.5 Å². The lowest BCUT2D eigenvalue weighted by molar-refractivity contribution is -0.260. The first-order valence-corrected chi connectivity index (χ1v) is 11.1. The summed E-state index contributed by atoms with van der Waals surface area (Å²) in [6.45, 7) is 0.404. The highest BCUT2D eigenvalue weighted by Gasteiger charge is 2.42. The van der Waals surface area contributed by atoms with Gasteiger partial charge in [-0.05, 0) is 42.0 Å². The van der Waals surface area contributed by atoms with Crippen LogP contribution < -0.4 is 19.6 Å². The number of rotatable bonds is 6. The van der Waals surface area contributed by atoms with Crippen LogP contribution in [0, 0.1) is 0 Å². The van der Waals surface area contributed by atoms with Crippen molar-refractivity contribution in [1.82, 2.24) is 4.59 Å². The van der Waals surface area contributed by atoms with Crippen LogP contribution in [0.4, 0.5) is 10.5 Å². The first-order valence-electron chi connectivity index (χ1n) is 9.58. The lowest BCUT2D eigenvalue weighted by Gasteiger charge is -2.30. The third-order valence-electron chi connectivity index (χ3n) is 5.02. The van der Waals surface area contributed by atoms with Crippen LogP contribution >= 0.6 is 0 Å². The fourth-order valence-corrected chi connectivity index (χ4v) is 3.94. The Labute approximate surface area is 185 Å². The minimum Gasteiger partial charge on any atom is -0.496 e. The van der Waals surface area contributed by atoms with Gasteiger partial charge in [0.25, 0.3) is 6.09 Å². The third-order valence-corrected chi connectivity index (χ3v) is 5.95. The van der Waals surface area contributed by atoms with E-state index in [1.807, 2.05) is 30.3 Å². The lowest BCUT2D eigenvalue weighted by atomic mass is 10.1. The van der Waals surface area contributed by atoms with Crippen LogP contribution in [0.2, 0.25) is 0 Å². The Balaban J connectivity index is 1.61. The number of carboxylic acid groups (broad SMARTS) is 1. The standard InChI is InChI=1S/C23H19N3O5S/c24-32(29,30)21-12-8-19(9-13-21)26(23(27)28)22(14-15-25-26)18-6-10-20(11-7-18)31-16-17-4-2-1-3-5-17/h1-15H,16H2,(H2-,24,27,28,29,30). The average Bonchev–Trinajstić information content (AvgIpc) is 3.25. The van der Waals surface area contributed by atoms with Gasteiger partial charge in [-0.3, -0.25) is 0 Å². The molecule has 1 heterocycles. The minimum atomic E-state index is -3.92. The number of nitrogens with zero attached hydrogens (tertiary/aromatic N) is 2. The number of benzene rings is 3. The van der Waals surface area contributed by atoms with Crippen LogP contribution in [0.1, 0.15) is 11.1 Å². The van der Waals surface area contributed by atoms with Crippen LogP contribution in [0.5, 0.6) is 5.75 Å². The number of carbonyl (C=O) groups is 1. The summed E-state index contributed by atoms with van der Waals surface area (Å²) in [6.07, 6.45) is 1.46. The molecule has 2 N–H and O–H groups in total. The number of nitrogens with two attached hydrogens (primary N) is 1. The van der Waals surface area contributed by atoms with Crippen molar-refractivity contribution in [1.29, 1.82) is 0 Å². The summed E-state index contributed by atoms with van der Waals surface area (Å²) in [6, 6.07) is 21.8. The van der Waals surface area contributed by atoms with E-state index in [0.717, 1.165) is 5.56 Å². The van der Waals surface area contributed by atoms with E-state index in [1.165, 1.54) is 30.5 Å². The first kappa shape index (κ1) is 21.4. The molecule has 4 rings (SSSR count). The molecule has 32 heavy (non-hydrogen) atoms. The molecular weight excluding hydrogens is 430 g/mol. The van der Waals surface area contributed by atoms with Gasteiger partial charge in [-0.1, -0.05) is 40.0 Å². The number of carbonyl (C=O) groups excluding carboxylic acids is 1. The fourth-order valence-electron chi connectivity index (χ4n) is 3.43. The molecule has 0 radical (unpaired) electrons. The summed E-state index contributed by atoms with van der Waals surface area (Å²) in [5.41, 5.74) is 2.15. The van der Waals surface area contributed by atoms with E-state index in [1.54, 1.807) is 30.3 Å². The van der Waals surface area contributed by atoms with Crippen LogP contribution in [0.15, 0.2) is 94.9 Å². The van der Waals surface area contributed by atoms with Gasteiger partial charge in [-0.25, -0.2) is 13.6 Å². The van der Waals surface area contributed by atoms with E-state index < -0.39 is 20.7 Å². The van der Waals surface area contributed by atoms with Crippen LogP contribution in [-0.4, -0.2) is 20.7 Å². The van der Waals surface area contributed by atoms with Gasteiger partial charge in [0.1, 0.15) is 12.4 Å². The summed E-state index contributed by atoms with van der Waals surface area (Å²) >= 11 is 0. The number of amides is 1. The average molecular weight is 449 g/mol. The Morgan fingerprint density at radius 1 is 0.969 bits per heavy atom. The summed E-state index contributed by atoms with van der Waals surface area (Å²) < 4.78 is 27.9. The number of sulfonamides is 1. The summed E-state index contributed by atoms with van der Waals surface area (Å²) in [7, 11) is -3.92. The smallest absolute Gasteiger partial charge is 0.296 e. The SMILES string of the molecule is NS(=O)(=O)c1ccc([N+]2(C(=O)[O-])N=CC=C2c2ccc(OCc3ccccc3)cc2)cc1. The minimum absolute atomic E-state index is 0.133. The normalized spacial score (nSPS) is 17.7.